The molecule has 2 aromatic rings. The molecule has 2 atom stereocenters. The average molecular weight is 537 g/mol. The first-order valence-electron chi connectivity index (χ1n) is 11.4. The van der Waals surface area contributed by atoms with E-state index in [1.54, 1.807) is 32.0 Å². The van der Waals surface area contributed by atoms with Gasteiger partial charge in [0.1, 0.15) is 6.61 Å². The summed E-state index contributed by atoms with van der Waals surface area (Å²) in [5.41, 5.74) is 3.17. The van der Waals surface area contributed by atoms with Gasteiger partial charge in [-0.3, -0.25) is 5.43 Å². The minimum atomic E-state index is -4.43. The number of urea groups is 1. The smallest absolute Gasteiger partial charge is 0.416 e. The topological polar surface area (TPSA) is 131 Å². The number of aliphatic hydroxyl groups excluding tert-OH is 1. The monoisotopic (exact) mass is 536 g/mol. The lowest BCUT2D eigenvalue weighted by Crippen LogP contribution is -2.45. The van der Waals surface area contributed by atoms with Crippen molar-refractivity contribution in [2.24, 2.45) is 5.10 Å². The molecule has 10 nitrogen and oxygen atoms in total. The number of amides is 2. The molecular formula is C25H27F3N4O6. The number of alkyl halides is 3. The van der Waals surface area contributed by atoms with Crippen LogP contribution in [0.3, 0.4) is 0 Å². The fraction of sp³-hybridized carbons (Fsp3) is 0.320. The van der Waals surface area contributed by atoms with Crippen molar-refractivity contribution < 1.29 is 42.1 Å². The minimum Gasteiger partial charge on any atom is -0.490 e. The summed E-state index contributed by atoms with van der Waals surface area (Å²) in [5.74, 6) is -0.0202. The van der Waals surface area contributed by atoms with Gasteiger partial charge in [0.25, 0.3) is 0 Å². The number of hydrazone groups is 1. The van der Waals surface area contributed by atoms with E-state index in [2.05, 4.69) is 21.2 Å². The number of ether oxygens (including phenoxy) is 3. The third-order valence-electron chi connectivity index (χ3n) is 5.35. The van der Waals surface area contributed by atoms with Gasteiger partial charge in [-0.15, -0.1) is 0 Å². The van der Waals surface area contributed by atoms with Crippen molar-refractivity contribution in [3.63, 3.8) is 0 Å². The molecule has 1 aliphatic heterocycles. The zero-order valence-corrected chi connectivity index (χ0v) is 20.8. The van der Waals surface area contributed by atoms with E-state index in [1.165, 1.54) is 25.5 Å². The summed E-state index contributed by atoms with van der Waals surface area (Å²) in [4.78, 5) is 24.4. The van der Waals surface area contributed by atoms with E-state index in [0.717, 1.165) is 12.1 Å². The second kappa shape index (κ2) is 12.3. The van der Waals surface area contributed by atoms with Crippen molar-refractivity contribution in [2.75, 3.05) is 20.3 Å². The van der Waals surface area contributed by atoms with E-state index in [0.29, 0.717) is 22.6 Å². The second-order valence-electron chi connectivity index (χ2n) is 8.03. The van der Waals surface area contributed by atoms with Crippen molar-refractivity contribution >= 4 is 18.2 Å². The predicted molar refractivity (Wildman–Crippen MR) is 130 cm³/mol. The van der Waals surface area contributed by atoms with Gasteiger partial charge in [0.15, 0.2) is 17.7 Å². The molecule has 0 aliphatic carbocycles. The number of benzene rings is 2. The van der Waals surface area contributed by atoms with E-state index >= 15 is 0 Å². The number of rotatable bonds is 10. The van der Waals surface area contributed by atoms with Gasteiger partial charge in [0.2, 0.25) is 0 Å². The standard InChI is InChI=1S/C25H27F3N4O6/c1-4-37-19-11-16(22-21(23(34)36-3)14(2)30-24(35)31-22)7-10-18(19)38-13-20(33)32-29-12-15-5-8-17(9-6-15)25(26,27)28/h5-12,20,22,32-33H,4,13H2,1-3H3,(H2,30,31,35)/b29-12-/t20-,22+/m0/s1. The summed E-state index contributed by atoms with van der Waals surface area (Å²) in [6.07, 6.45) is -4.43. The third-order valence-corrected chi connectivity index (χ3v) is 5.35. The normalized spacial score (nSPS) is 16.5. The van der Waals surface area contributed by atoms with Crippen LogP contribution in [0.1, 0.15) is 36.6 Å². The van der Waals surface area contributed by atoms with Gasteiger partial charge in [0, 0.05) is 5.70 Å². The molecule has 1 heterocycles. The molecule has 0 saturated carbocycles. The maximum absolute atomic E-state index is 12.6. The fourth-order valence-corrected chi connectivity index (χ4v) is 3.58. The summed E-state index contributed by atoms with van der Waals surface area (Å²) in [5, 5.41) is 19.2. The fourth-order valence-electron chi connectivity index (χ4n) is 3.58. The van der Waals surface area contributed by atoms with Gasteiger partial charge in [-0.1, -0.05) is 18.2 Å². The molecule has 0 radical (unpaired) electrons. The molecular weight excluding hydrogens is 509 g/mol. The Kier molecular flexibility index (Phi) is 9.18. The predicted octanol–water partition coefficient (Wildman–Crippen LogP) is 3.23. The molecule has 204 valence electrons. The van der Waals surface area contributed by atoms with Crippen molar-refractivity contribution in [3.8, 4) is 11.5 Å². The Balaban J connectivity index is 1.67. The number of hydrogen-bond acceptors (Lipinski definition) is 8. The number of allylic oxidation sites excluding steroid dienone is 1. The van der Waals surface area contributed by atoms with E-state index in [4.69, 9.17) is 14.2 Å². The number of hydrogen-bond donors (Lipinski definition) is 4. The van der Waals surface area contributed by atoms with Crippen LogP contribution < -0.4 is 25.5 Å². The van der Waals surface area contributed by atoms with Crippen LogP contribution in [0.4, 0.5) is 18.0 Å². The molecule has 4 N–H and O–H groups in total. The van der Waals surface area contributed by atoms with Crippen LogP contribution in [0.15, 0.2) is 58.8 Å². The largest absolute Gasteiger partial charge is 0.490 e. The number of esters is 1. The highest BCUT2D eigenvalue weighted by molar-refractivity contribution is 5.95. The summed E-state index contributed by atoms with van der Waals surface area (Å²) >= 11 is 0. The van der Waals surface area contributed by atoms with E-state index in [-0.39, 0.29) is 24.5 Å². The van der Waals surface area contributed by atoms with Gasteiger partial charge in [-0.25, -0.2) is 9.59 Å². The number of nitrogens with one attached hydrogen (secondary N) is 3. The first-order valence-corrected chi connectivity index (χ1v) is 11.4. The van der Waals surface area contributed by atoms with Crippen LogP contribution in [0.2, 0.25) is 0 Å². The molecule has 2 amide bonds. The minimum absolute atomic E-state index is 0.230. The molecule has 0 saturated heterocycles. The highest BCUT2D eigenvalue weighted by Gasteiger charge is 2.32. The molecule has 2 aromatic carbocycles. The van der Waals surface area contributed by atoms with Crippen LogP contribution in [0, 0.1) is 0 Å². The lowest BCUT2D eigenvalue weighted by molar-refractivity contribution is -0.138. The summed E-state index contributed by atoms with van der Waals surface area (Å²) < 4.78 is 54.1. The van der Waals surface area contributed by atoms with Gasteiger partial charge in [-0.05, 0) is 49.2 Å². The molecule has 3 rings (SSSR count). The Morgan fingerprint density at radius 1 is 1.18 bits per heavy atom. The quantitative estimate of drug-likeness (QED) is 0.159. The maximum atomic E-state index is 12.6. The average Bonchev–Trinajstić information content (AvgIpc) is 2.87. The molecule has 0 aromatic heterocycles. The summed E-state index contributed by atoms with van der Waals surface area (Å²) in [6.45, 7) is 3.39. The lowest BCUT2D eigenvalue weighted by Gasteiger charge is -2.28. The van der Waals surface area contributed by atoms with Crippen LogP contribution in [0.25, 0.3) is 0 Å². The van der Waals surface area contributed by atoms with E-state index < -0.39 is 36.0 Å². The summed E-state index contributed by atoms with van der Waals surface area (Å²) in [6, 6.07) is 7.89. The molecule has 13 heteroatoms. The number of aliphatic hydroxyl groups is 1. The molecule has 1 aliphatic rings. The number of methoxy groups -OCH3 is 1. The van der Waals surface area contributed by atoms with Crippen LogP contribution in [0.5, 0.6) is 11.5 Å². The first kappa shape index (κ1) is 28.3. The highest BCUT2D eigenvalue weighted by Crippen LogP contribution is 2.35. The van der Waals surface area contributed by atoms with Gasteiger partial charge in [0.05, 0.1) is 37.1 Å². The molecule has 0 spiro atoms. The van der Waals surface area contributed by atoms with Gasteiger partial charge < -0.3 is 30.0 Å². The van der Waals surface area contributed by atoms with Crippen molar-refractivity contribution in [2.45, 2.75) is 32.3 Å². The number of nitrogens with zero attached hydrogens (tertiary/aromatic N) is 1. The Hall–Kier alpha value is -4.26. The molecule has 0 unspecified atom stereocenters. The van der Waals surface area contributed by atoms with E-state index in [9.17, 15) is 27.9 Å². The van der Waals surface area contributed by atoms with Crippen molar-refractivity contribution in [3.05, 3.63) is 70.4 Å². The number of carbonyl (C=O) groups is 2. The van der Waals surface area contributed by atoms with Crippen molar-refractivity contribution in [1.82, 2.24) is 16.1 Å². The van der Waals surface area contributed by atoms with Crippen LogP contribution in [-0.4, -0.2) is 49.9 Å². The Morgan fingerprint density at radius 2 is 1.89 bits per heavy atom. The summed E-state index contributed by atoms with van der Waals surface area (Å²) in [7, 11) is 1.24. The van der Waals surface area contributed by atoms with Gasteiger partial charge >= 0.3 is 18.2 Å². The first-order chi connectivity index (χ1) is 18.0. The van der Waals surface area contributed by atoms with E-state index in [1.807, 2.05) is 0 Å². The second-order valence-corrected chi connectivity index (χ2v) is 8.03. The Labute approximate surface area is 216 Å². The lowest BCUT2D eigenvalue weighted by atomic mass is 9.95. The Bertz CT molecular complexity index is 1210. The third kappa shape index (κ3) is 7.16. The molecule has 0 bridgehead atoms. The number of halogens is 3. The van der Waals surface area contributed by atoms with Crippen molar-refractivity contribution in [1.29, 1.82) is 0 Å². The molecule has 0 fully saturated rings. The zero-order valence-electron chi connectivity index (χ0n) is 20.8. The Morgan fingerprint density at radius 3 is 2.53 bits per heavy atom. The van der Waals surface area contributed by atoms with Gasteiger partial charge in [-0.2, -0.15) is 18.3 Å². The molecule has 38 heavy (non-hydrogen) atoms. The SMILES string of the molecule is CCOc1cc([C@H]2NC(=O)NC(C)=C2C(=O)OC)ccc1OC[C@H](O)N/N=C\c1ccc(C(F)(F)F)cc1. The number of carbonyl (C=O) groups excluding carboxylic acids is 2. The maximum Gasteiger partial charge on any atom is 0.416 e. The highest BCUT2D eigenvalue weighted by atomic mass is 19.4. The zero-order chi connectivity index (χ0) is 27.9. The van der Waals surface area contributed by atoms with Crippen LogP contribution in [-0.2, 0) is 15.7 Å². The van der Waals surface area contributed by atoms with Crippen LogP contribution >= 0.6 is 0 Å².